The quantitative estimate of drug-likeness (QED) is 0.871. The van der Waals surface area contributed by atoms with Crippen LogP contribution in [0.5, 0.6) is 5.75 Å². The number of aliphatic hydroxyl groups is 1. The molecule has 1 atom stereocenters. The molecule has 0 aromatic heterocycles. The third-order valence-corrected chi connectivity index (χ3v) is 3.50. The Hall–Kier alpha value is -1.42. The average Bonchev–Trinajstić information content (AvgIpc) is 2.47. The van der Waals surface area contributed by atoms with Crippen molar-refractivity contribution in [1.29, 1.82) is 0 Å². The van der Waals surface area contributed by atoms with Gasteiger partial charge in [-0.2, -0.15) is 0 Å². The third kappa shape index (κ3) is 3.79. The van der Waals surface area contributed by atoms with E-state index in [-0.39, 0.29) is 0 Å². The lowest BCUT2D eigenvalue weighted by molar-refractivity contribution is 0.191. The SMILES string of the molecule is COc1ccc(Cl)c(NCC(O)c2ccc(Cl)cc2)c1. The largest absolute Gasteiger partial charge is 0.497 e. The minimum Gasteiger partial charge on any atom is -0.497 e. The number of hydrogen-bond donors (Lipinski definition) is 2. The molecule has 106 valence electrons. The van der Waals surface area contributed by atoms with Crippen molar-refractivity contribution < 1.29 is 9.84 Å². The predicted octanol–water partition coefficient (Wildman–Crippen LogP) is 4.15. The average molecular weight is 312 g/mol. The van der Waals surface area contributed by atoms with Crippen LogP contribution in [0.1, 0.15) is 11.7 Å². The Labute approximate surface area is 128 Å². The molecule has 0 aliphatic carbocycles. The Balaban J connectivity index is 2.02. The van der Waals surface area contributed by atoms with E-state index in [1.807, 2.05) is 0 Å². The second kappa shape index (κ2) is 6.84. The Morgan fingerprint density at radius 3 is 2.50 bits per heavy atom. The van der Waals surface area contributed by atoms with Crippen molar-refractivity contribution in [2.24, 2.45) is 0 Å². The van der Waals surface area contributed by atoms with Crippen LogP contribution < -0.4 is 10.1 Å². The van der Waals surface area contributed by atoms with Gasteiger partial charge in [0.2, 0.25) is 0 Å². The molecule has 0 saturated heterocycles. The van der Waals surface area contributed by atoms with Crippen LogP contribution in [-0.2, 0) is 0 Å². The number of rotatable bonds is 5. The van der Waals surface area contributed by atoms with E-state index < -0.39 is 6.10 Å². The first-order chi connectivity index (χ1) is 9.60. The van der Waals surface area contributed by atoms with Crippen LogP contribution in [0.15, 0.2) is 42.5 Å². The maximum atomic E-state index is 10.1. The highest BCUT2D eigenvalue weighted by Crippen LogP contribution is 2.27. The summed E-state index contributed by atoms with van der Waals surface area (Å²) in [6.45, 7) is 0.342. The van der Waals surface area contributed by atoms with Crippen molar-refractivity contribution in [2.45, 2.75) is 6.10 Å². The van der Waals surface area contributed by atoms with Crippen LogP contribution >= 0.6 is 23.2 Å². The van der Waals surface area contributed by atoms with Gasteiger partial charge in [-0.1, -0.05) is 35.3 Å². The number of nitrogens with one attached hydrogen (secondary N) is 1. The van der Waals surface area contributed by atoms with Gasteiger partial charge in [-0.3, -0.25) is 0 Å². The van der Waals surface area contributed by atoms with Gasteiger partial charge in [0.1, 0.15) is 5.75 Å². The number of anilines is 1. The summed E-state index contributed by atoms with van der Waals surface area (Å²) in [6.07, 6.45) is -0.644. The molecule has 0 saturated carbocycles. The van der Waals surface area contributed by atoms with Crippen molar-refractivity contribution >= 4 is 28.9 Å². The zero-order chi connectivity index (χ0) is 14.5. The van der Waals surface area contributed by atoms with Gasteiger partial charge in [-0.25, -0.2) is 0 Å². The van der Waals surface area contributed by atoms with Crippen LogP contribution in [0.2, 0.25) is 10.0 Å². The number of halogens is 2. The molecule has 2 rings (SSSR count). The van der Waals surface area contributed by atoms with Gasteiger partial charge >= 0.3 is 0 Å². The lowest BCUT2D eigenvalue weighted by atomic mass is 10.1. The van der Waals surface area contributed by atoms with Crippen molar-refractivity contribution in [1.82, 2.24) is 0 Å². The number of benzene rings is 2. The molecule has 2 aromatic rings. The predicted molar refractivity (Wildman–Crippen MR) is 82.9 cm³/mol. The summed E-state index contributed by atoms with van der Waals surface area (Å²) in [4.78, 5) is 0. The van der Waals surface area contributed by atoms with E-state index in [2.05, 4.69) is 5.32 Å². The molecule has 0 radical (unpaired) electrons. The molecule has 0 fully saturated rings. The zero-order valence-corrected chi connectivity index (χ0v) is 12.4. The molecule has 1 unspecified atom stereocenters. The van der Waals surface area contributed by atoms with Crippen molar-refractivity contribution in [3.05, 3.63) is 58.1 Å². The molecule has 0 bridgehead atoms. The highest BCUT2D eigenvalue weighted by Gasteiger charge is 2.09. The number of hydrogen-bond acceptors (Lipinski definition) is 3. The molecular formula is C15H15Cl2NO2. The molecule has 0 amide bonds. The molecule has 0 heterocycles. The lowest BCUT2D eigenvalue weighted by Crippen LogP contribution is -2.12. The Morgan fingerprint density at radius 2 is 1.85 bits per heavy atom. The number of methoxy groups -OCH3 is 1. The fourth-order valence-electron chi connectivity index (χ4n) is 1.78. The molecular weight excluding hydrogens is 297 g/mol. The monoisotopic (exact) mass is 311 g/mol. The van der Waals surface area contributed by atoms with E-state index in [1.165, 1.54) is 0 Å². The van der Waals surface area contributed by atoms with Gasteiger partial charge in [0.15, 0.2) is 0 Å². The molecule has 0 spiro atoms. The van der Waals surface area contributed by atoms with E-state index in [1.54, 1.807) is 49.6 Å². The van der Waals surface area contributed by atoms with Crippen LogP contribution in [0.25, 0.3) is 0 Å². The summed E-state index contributed by atoms with van der Waals surface area (Å²) in [5.74, 6) is 0.706. The highest BCUT2D eigenvalue weighted by molar-refractivity contribution is 6.33. The molecule has 2 aromatic carbocycles. The normalized spacial score (nSPS) is 12.0. The van der Waals surface area contributed by atoms with Crippen LogP contribution in [0, 0.1) is 0 Å². The fraction of sp³-hybridized carbons (Fsp3) is 0.200. The van der Waals surface area contributed by atoms with Gasteiger partial charge in [0.05, 0.1) is 23.9 Å². The van der Waals surface area contributed by atoms with E-state index in [0.29, 0.717) is 22.3 Å². The minimum absolute atomic E-state index is 0.342. The summed E-state index contributed by atoms with van der Waals surface area (Å²) in [6, 6.07) is 12.4. The van der Waals surface area contributed by atoms with Crippen LogP contribution in [-0.4, -0.2) is 18.8 Å². The Kier molecular flexibility index (Phi) is 5.12. The molecule has 20 heavy (non-hydrogen) atoms. The first kappa shape index (κ1) is 15.0. The van der Waals surface area contributed by atoms with Gasteiger partial charge in [-0.15, -0.1) is 0 Å². The Morgan fingerprint density at radius 1 is 1.15 bits per heavy atom. The van der Waals surface area contributed by atoms with Crippen molar-refractivity contribution in [2.75, 3.05) is 19.0 Å². The van der Waals surface area contributed by atoms with E-state index in [0.717, 1.165) is 11.3 Å². The summed E-state index contributed by atoms with van der Waals surface area (Å²) < 4.78 is 5.14. The summed E-state index contributed by atoms with van der Waals surface area (Å²) in [5.41, 5.74) is 1.51. The minimum atomic E-state index is -0.644. The molecule has 2 N–H and O–H groups in total. The highest BCUT2D eigenvalue weighted by atomic mass is 35.5. The van der Waals surface area contributed by atoms with Gasteiger partial charge in [0, 0.05) is 17.6 Å². The lowest BCUT2D eigenvalue weighted by Gasteiger charge is -2.15. The topological polar surface area (TPSA) is 41.5 Å². The Bertz CT molecular complexity index is 573. The molecule has 0 aliphatic rings. The van der Waals surface area contributed by atoms with Crippen LogP contribution in [0.4, 0.5) is 5.69 Å². The van der Waals surface area contributed by atoms with Gasteiger partial charge in [-0.05, 0) is 29.8 Å². The van der Waals surface area contributed by atoms with Crippen molar-refractivity contribution in [3.63, 3.8) is 0 Å². The molecule has 0 aliphatic heterocycles. The van der Waals surface area contributed by atoms with E-state index >= 15 is 0 Å². The maximum absolute atomic E-state index is 10.1. The second-order valence-electron chi connectivity index (χ2n) is 4.29. The first-order valence-electron chi connectivity index (χ1n) is 6.11. The number of ether oxygens (including phenoxy) is 1. The number of aliphatic hydroxyl groups excluding tert-OH is 1. The summed E-state index contributed by atoms with van der Waals surface area (Å²) in [7, 11) is 1.59. The van der Waals surface area contributed by atoms with E-state index in [9.17, 15) is 5.11 Å². The zero-order valence-electron chi connectivity index (χ0n) is 10.9. The van der Waals surface area contributed by atoms with E-state index in [4.69, 9.17) is 27.9 Å². The van der Waals surface area contributed by atoms with Crippen LogP contribution in [0.3, 0.4) is 0 Å². The van der Waals surface area contributed by atoms with Gasteiger partial charge < -0.3 is 15.2 Å². The maximum Gasteiger partial charge on any atom is 0.121 e. The van der Waals surface area contributed by atoms with Crippen molar-refractivity contribution in [3.8, 4) is 5.75 Å². The molecule has 3 nitrogen and oxygen atoms in total. The molecule has 5 heteroatoms. The van der Waals surface area contributed by atoms with Gasteiger partial charge in [0.25, 0.3) is 0 Å². The standard InChI is InChI=1S/C15H15Cl2NO2/c1-20-12-6-7-13(17)14(8-12)18-9-15(19)10-2-4-11(16)5-3-10/h2-8,15,18-19H,9H2,1H3. The third-order valence-electron chi connectivity index (χ3n) is 2.91. The fourth-order valence-corrected chi connectivity index (χ4v) is 2.09. The summed E-state index contributed by atoms with van der Waals surface area (Å²) >= 11 is 11.9. The smallest absolute Gasteiger partial charge is 0.121 e. The second-order valence-corrected chi connectivity index (χ2v) is 5.14. The first-order valence-corrected chi connectivity index (χ1v) is 6.86. The summed E-state index contributed by atoms with van der Waals surface area (Å²) in [5, 5.41) is 14.4.